The molecule has 94 valence electrons. The molecule has 0 saturated heterocycles. The molecule has 0 aromatic heterocycles. The highest BCUT2D eigenvalue weighted by Gasteiger charge is 2.26. The molecule has 0 spiro atoms. The molecule has 0 fully saturated rings. The predicted molar refractivity (Wildman–Crippen MR) is 60.3 cm³/mol. The molecule has 0 heterocycles. The average Bonchev–Trinajstić information content (AvgIpc) is 2.32. The first-order valence-electron chi connectivity index (χ1n) is 5.04. The van der Waals surface area contributed by atoms with Crippen LogP contribution in [0.1, 0.15) is 23.7 Å². The van der Waals surface area contributed by atoms with Crippen LogP contribution < -0.4 is 0 Å². The number of benzene rings is 1. The number of carboxylic acids is 1. The molecule has 1 aromatic rings. The molecular formula is C12H15FO4. The summed E-state index contributed by atoms with van der Waals surface area (Å²) >= 11 is 0. The van der Waals surface area contributed by atoms with E-state index < -0.39 is 23.5 Å². The third-order valence-corrected chi connectivity index (χ3v) is 2.16. The van der Waals surface area contributed by atoms with Crippen LogP contribution in [0.15, 0.2) is 24.3 Å². The van der Waals surface area contributed by atoms with Crippen molar-refractivity contribution in [3.05, 3.63) is 35.6 Å². The zero-order valence-corrected chi connectivity index (χ0v) is 9.68. The molecule has 0 aliphatic rings. The fourth-order valence-corrected chi connectivity index (χ4v) is 1.32. The zero-order chi connectivity index (χ0) is 13.4. The van der Waals surface area contributed by atoms with Gasteiger partial charge in [-0.1, -0.05) is 19.1 Å². The molecule has 17 heavy (non-hydrogen) atoms. The van der Waals surface area contributed by atoms with Gasteiger partial charge in [0.05, 0.1) is 5.56 Å². The molecule has 1 unspecified atom stereocenters. The third kappa shape index (κ3) is 3.96. The van der Waals surface area contributed by atoms with E-state index >= 15 is 0 Å². The van der Waals surface area contributed by atoms with Crippen molar-refractivity contribution >= 4 is 11.8 Å². The van der Waals surface area contributed by atoms with Gasteiger partial charge >= 0.3 is 5.97 Å². The highest BCUT2D eigenvalue weighted by molar-refractivity contribution is 6.08. The Kier molecular flexibility index (Phi) is 6.74. The second-order valence-electron chi connectivity index (χ2n) is 3.14. The van der Waals surface area contributed by atoms with Crippen LogP contribution in [0.4, 0.5) is 4.39 Å². The number of aliphatic hydroxyl groups is 1. The van der Waals surface area contributed by atoms with E-state index in [-0.39, 0.29) is 12.0 Å². The van der Waals surface area contributed by atoms with Crippen molar-refractivity contribution in [2.24, 2.45) is 5.92 Å². The Morgan fingerprint density at radius 2 is 1.82 bits per heavy atom. The lowest BCUT2D eigenvalue weighted by atomic mass is 9.95. The number of Topliss-reactive ketones (excluding diaryl/α,β-unsaturated/α-hetero) is 1. The van der Waals surface area contributed by atoms with E-state index in [9.17, 15) is 14.0 Å². The van der Waals surface area contributed by atoms with Crippen molar-refractivity contribution in [3.63, 3.8) is 0 Å². The minimum absolute atomic E-state index is 0.155. The first kappa shape index (κ1) is 15.2. The summed E-state index contributed by atoms with van der Waals surface area (Å²) in [5, 5.41) is 15.8. The molecule has 0 aliphatic carbocycles. The van der Waals surface area contributed by atoms with Crippen molar-refractivity contribution in [2.45, 2.75) is 13.3 Å². The van der Waals surface area contributed by atoms with Crippen molar-refractivity contribution < 1.29 is 24.2 Å². The monoisotopic (exact) mass is 242 g/mol. The maximum Gasteiger partial charge on any atom is 0.314 e. The van der Waals surface area contributed by atoms with E-state index in [0.29, 0.717) is 0 Å². The summed E-state index contributed by atoms with van der Waals surface area (Å²) in [6.07, 6.45) is 0.155. The van der Waals surface area contributed by atoms with E-state index in [1.165, 1.54) is 18.2 Å². The lowest BCUT2D eigenvalue weighted by molar-refractivity contribution is -0.140. The molecule has 5 heteroatoms. The maximum atomic E-state index is 13.2. The second-order valence-corrected chi connectivity index (χ2v) is 3.14. The fraction of sp³-hybridized carbons (Fsp3) is 0.333. The molecule has 0 amide bonds. The lowest BCUT2D eigenvalue weighted by Gasteiger charge is -2.08. The maximum absolute atomic E-state index is 13.2. The van der Waals surface area contributed by atoms with Gasteiger partial charge < -0.3 is 10.2 Å². The van der Waals surface area contributed by atoms with E-state index in [4.69, 9.17) is 10.2 Å². The first-order chi connectivity index (χ1) is 8.07. The number of hydrogen-bond donors (Lipinski definition) is 2. The summed E-state index contributed by atoms with van der Waals surface area (Å²) in [5.41, 5.74) is -0.160. The smallest absolute Gasteiger partial charge is 0.314 e. The topological polar surface area (TPSA) is 74.6 Å². The molecule has 2 N–H and O–H groups in total. The van der Waals surface area contributed by atoms with Gasteiger partial charge in [-0.2, -0.15) is 0 Å². The molecule has 0 aliphatic heterocycles. The Morgan fingerprint density at radius 1 is 1.29 bits per heavy atom. The van der Waals surface area contributed by atoms with Crippen LogP contribution in [0.25, 0.3) is 0 Å². The number of ketones is 1. The quantitative estimate of drug-likeness (QED) is 0.622. The Bertz CT molecular complexity index is 390. The summed E-state index contributed by atoms with van der Waals surface area (Å²) in [5.74, 6) is -3.74. The van der Waals surface area contributed by atoms with Crippen LogP contribution in [0.3, 0.4) is 0 Å². The normalized spacial score (nSPS) is 11.1. The highest BCUT2D eigenvalue weighted by atomic mass is 19.1. The van der Waals surface area contributed by atoms with Crippen LogP contribution in [-0.4, -0.2) is 29.1 Å². The summed E-state index contributed by atoms with van der Waals surface area (Å²) in [7, 11) is 1.00. The number of aliphatic hydroxyl groups excluding tert-OH is 1. The number of halogens is 1. The summed E-state index contributed by atoms with van der Waals surface area (Å²) in [6.45, 7) is 1.58. The van der Waals surface area contributed by atoms with Gasteiger partial charge in [0.15, 0.2) is 5.78 Å². The molecule has 1 aromatic carbocycles. The highest BCUT2D eigenvalue weighted by Crippen LogP contribution is 2.15. The van der Waals surface area contributed by atoms with Gasteiger partial charge in [-0.25, -0.2) is 4.39 Å². The average molecular weight is 242 g/mol. The number of aliphatic carboxylic acids is 1. The number of carboxylic acid groups (broad SMARTS) is 1. The van der Waals surface area contributed by atoms with Crippen molar-refractivity contribution in [2.75, 3.05) is 7.11 Å². The van der Waals surface area contributed by atoms with E-state index in [2.05, 4.69) is 0 Å². The van der Waals surface area contributed by atoms with E-state index in [1.54, 1.807) is 6.92 Å². The Labute approximate surface area is 98.7 Å². The Balaban J connectivity index is 0.00000121. The van der Waals surface area contributed by atoms with Gasteiger partial charge in [0.25, 0.3) is 0 Å². The second kappa shape index (κ2) is 7.51. The van der Waals surface area contributed by atoms with E-state index in [0.717, 1.165) is 13.2 Å². The minimum Gasteiger partial charge on any atom is -0.481 e. The van der Waals surface area contributed by atoms with Crippen molar-refractivity contribution in [1.82, 2.24) is 0 Å². The fourth-order valence-electron chi connectivity index (χ4n) is 1.32. The molecule has 1 atom stereocenters. The van der Waals surface area contributed by atoms with Gasteiger partial charge in [-0.3, -0.25) is 9.59 Å². The molecule has 4 nitrogen and oxygen atoms in total. The van der Waals surface area contributed by atoms with Gasteiger partial charge in [-0.05, 0) is 18.6 Å². The van der Waals surface area contributed by atoms with Crippen molar-refractivity contribution in [1.29, 1.82) is 0 Å². The number of hydrogen-bond acceptors (Lipinski definition) is 3. The van der Waals surface area contributed by atoms with Crippen LogP contribution >= 0.6 is 0 Å². The van der Waals surface area contributed by atoms with Crippen LogP contribution in [0.5, 0.6) is 0 Å². The summed E-state index contributed by atoms with van der Waals surface area (Å²) < 4.78 is 13.2. The van der Waals surface area contributed by atoms with Gasteiger partial charge in [0.2, 0.25) is 0 Å². The molecule has 0 radical (unpaired) electrons. The minimum atomic E-state index is -1.22. The molecule has 0 bridgehead atoms. The number of rotatable bonds is 4. The third-order valence-electron chi connectivity index (χ3n) is 2.16. The molecular weight excluding hydrogens is 227 g/mol. The number of carbonyl (C=O) groups is 2. The van der Waals surface area contributed by atoms with Gasteiger partial charge in [0.1, 0.15) is 11.7 Å². The zero-order valence-electron chi connectivity index (χ0n) is 9.68. The van der Waals surface area contributed by atoms with Crippen LogP contribution in [0.2, 0.25) is 0 Å². The largest absolute Gasteiger partial charge is 0.481 e. The van der Waals surface area contributed by atoms with Crippen LogP contribution in [0, 0.1) is 11.7 Å². The van der Waals surface area contributed by atoms with Gasteiger partial charge in [-0.15, -0.1) is 0 Å². The predicted octanol–water partition coefficient (Wildman–Crippen LogP) is 1.73. The summed E-state index contributed by atoms with van der Waals surface area (Å²) in [4.78, 5) is 22.3. The summed E-state index contributed by atoms with van der Waals surface area (Å²) in [6, 6.07) is 5.39. The van der Waals surface area contributed by atoms with Crippen molar-refractivity contribution in [3.8, 4) is 0 Å². The van der Waals surface area contributed by atoms with Crippen LogP contribution in [-0.2, 0) is 4.79 Å². The van der Waals surface area contributed by atoms with E-state index in [1.807, 2.05) is 0 Å². The standard InChI is InChI=1S/C11H11FO3.CH4O/c1-2-7(11(14)15)10(13)8-5-3-4-6-9(8)12;1-2/h3-7H,2H2,1H3,(H,14,15);2H,1H3. The Hall–Kier alpha value is -1.75. The number of carbonyl (C=O) groups excluding carboxylic acids is 1. The molecule has 1 rings (SSSR count). The Morgan fingerprint density at radius 3 is 2.24 bits per heavy atom. The lowest BCUT2D eigenvalue weighted by Crippen LogP contribution is -2.23. The molecule has 0 saturated carbocycles. The SMILES string of the molecule is CCC(C(=O)O)C(=O)c1ccccc1F.CO. The first-order valence-corrected chi connectivity index (χ1v) is 5.04. The van der Waals surface area contributed by atoms with Gasteiger partial charge in [0, 0.05) is 7.11 Å².